The number of primary sulfonamides is 1. The van der Waals surface area contributed by atoms with Gasteiger partial charge in [-0.15, -0.1) is 11.3 Å². The van der Waals surface area contributed by atoms with E-state index < -0.39 is 10.0 Å². The average Bonchev–Trinajstić information content (AvgIpc) is 3.03. The van der Waals surface area contributed by atoms with Crippen LogP contribution in [0.3, 0.4) is 0 Å². The molecule has 0 radical (unpaired) electrons. The van der Waals surface area contributed by atoms with Crippen molar-refractivity contribution in [2.75, 3.05) is 5.32 Å². The first-order chi connectivity index (χ1) is 10.4. The number of rotatable bonds is 4. The summed E-state index contributed by atoms with van der Waals surface area (Å²) in [5.41, 5.74) is 1.51. The quantitative estimate of drug-likeness (QED) is 0.754. The van der Waals surface area contributed by atoms with Crippen LogP contribution >= 0.6 is 11.3 Å². The highest BCUT2D eigenvalue weighted by molar-refractivity contribution is 7.91. The number of hydrogen-bond acceptors (Lipinski definition) is 7. The maximum atomic E-state index is 11.3. The minimum atomic E-state index is -3.65. The molecule has 0 saturated carbocycles. The van der Waals surface area contributed by atoms with E-state index in [0.717, 1.165) is 32.9 Å². The van der Waals surface area contributed by atoms with Crippen LogP contribution in [0.1, 0.15) is 16.2 Å². The molecule has 3 rings (SSSR count). The Bertz CT molecular complexity index is 944. The van der Waals surface area contributed by atoms with Crippen molar-refractivity contribution >= 4 is 38.3 Å². The number of aryl methyl sites for hydroxylation is 2. The van der Waals surface area contributed by atoms with Gasteiger partial charge in [-0.25, -0.2) is 23.5 Å². The van der Waals surface area contributed by atoms with Crippen molar-refractivity contribution in [3.63, 3.8) is 0 Å². The smallest absolute Gasteiger partial charge is 0.247 e. The van der Waals surface area contributed by atoms with E-state index in [0.29, 0.717) is 18.1 Å². The molecule has 0 atom stereocenters. The number of thiophene rings is 1. The van der Waals surface area contributed by atoms with Gasteiger partial charge in [0.05, 0.1) is 11.9 Å². The Labute approximate surface area is 131 Å². The summed E-state index contributed by atoms with van der Waals surface area (Å²) in [6.45, 7) is 4.26. The number of nitrogens with one attached hydrogen (secondary N) is 1. The van der Waals surface area contributed by atoms with Crippen LogP contribution in [0.15, 0.2) is 27.1 Å². The summed E-state index contributed by atoms with van der Waals surface area (Å²) in [7, 11) is -3.65. The number of anilines is 1. The van der Waals surface area contributed by atoms with Crippen LogP contribution in [0.2, 0.25) is 0 Å². The van der Waals surface area contributed by atoms with Crippen molar-refractivity contribution in [3.8, 4) is 0 Å². The van der Waals surface area contributed by atoms with E-state index in [9.17, 15) is 8.42 Å². The van der Waals surface area contributed by atoms with Crippen molar-refractivity contribution < 1.29 is 12.8 Å². The first-order valence-corrected chi connectivity index (χ1v) is 8.78. The zero-order chi connectivity index (χ0) is 15.9. The van der Waals surface area contributed by atoms with Crippen LogP contribution < -0.4 is 10.5 Å². The second-order valence-electron chi connectivity index (χ2n) is 4.80. The first-order valence-electron chi connectivity index (χ1n) is 6.42. The van der Waals surface area contributed by atoms with E-state index in [1.165, 1.54) is 12.4 Å². The van der Waals surface area contributed by atoms with Gasteiger partial charge >= 0.3 is 0 Å². The van der Waals surface area contributed by atoms with Gasteiger partial charge in [0.1, 0.15) is 22.1 Å². The predicted molar refractivity (Wildman–Crippen MR) is 84.3 cm³/mol. The van der Waals surface area contributed by atoms with Crippen molar-refractivity contribution in [2.24, 2.45) is 5.14 Å². The average molecular weight is 338 g/mol. The van der Waals surface area contributed by atoms with Gasteiger partial charge in [0.2, 0.25) is 15.7 Å². The van der Waals surface area contributed by atoms with E-state index >= 15 is 0 Å². The fraction of sp³-hybridized carbons (Fsp3) is 0.231. The Balaban J connectivity index is 1.87. The third-order valence-corrected chi connectivity index (χ3v) is 5.84. The Kier molecular flexibility index (Phi) is 3.63. The predicted octanol–water partition coefficient (Wildman–Crippen LogP) is 2.16. The molecule has 7 nitrogen and oxygen atoms in total. The molecular weight excluding hydrogens is 324 g/mol. The van der Waals surface area contributed by atoms with Crippen LogP contribution in [0.25, 0.3) is 11.1 Å². The molecule has 3 aromatic rings. The van der Waals surface area contributed by atoms with Gasteiger partial charge in [0, 0.05) is 10.4 Å². The summed E-state index contributed by atoms with van der Waals surface area (Å²) in [4.78, 5) is 9.18. The maximum absolute atomic E-state index is 11.3. The zero-order valence-corrected chi connectivity index (χ0v) is 13.6. The van der Waals surface area contributed by atoms with E-state index in [-0.39, 0.29) is 4.21 Å². The van der Waals surface area contributed by atoms with Gasteiger partial charge in [-0.3, -0.25) is 0 Å². The van der Waals surface area contributed by atoms with Gasteiger partial charge in [-0.05, 0) is 26.0 Å². The Morgan fingerprint density at radius 1 is 1.32 bits per heavy atom. The topological polar surface area (TPSA) is 111 Å². The molecule has 9 heteroatoms. The van der Waals surface area contributed by atoms with Gasteiger partial charge in [0.25, 0.3) is 0 Å². The maximum Gasteiger partial charge on any atom is 0.247 e. The first kappa shape index (κ1) is 14.9. The van der Waals surface area contributed by atoms with Crippen LogP contribution in [0, 0.1) is 13.8 Å². The summed E-state index contributed by atoms with van der Waals surface area (Å²) in [5.74, 6) is 1.45. The van der Waals surface area contributed by atoms with Gasteiger partial charge < -0.3 is 9.73 Å². The molecule has 0 aliphatic heterocycles. The van der Waals surface area contributed by atoms with Gasteiger partial charge in [-0.2, -0.15) is 0 Å². The minimum Gasteiger partial charge on any atom is -0.443 e. The number of nitrogens with zero attached hydrogens (tertiary/aromatic N) is 2. The second kappa shape index (κ2) is 5.34. The highest BCUT2D eigenvalue weighted by Gasteiger charge is 2.14. The van der Waals surface area contributed by atoms with Crippen molar-refractivity contribution in [3.05, 3.63) is 34.7 Å². The van der Waals surface area contributed by atoms with E-state index in [1.807, 2.05) is 13.8 Å². The number of hydrogen-bond donors (Lipinski definition) is 2. The van der Waals surface area contributed by atoms with E-state index in [1.54, 1.807) is 6.07 Å². The van der Waals surface area contributed by atoms with Gasteiger partial charge in [0.15, 0.2) is 0 Å². The van der Waals surface area contributed by atoms with Crippen LogP contribution in [-0.2, 0) is 16.6 Å². The van der Waals surface area contributed by atoms with Crippen molar-refractivity contribution in [2.45, 2.75) is 24.6 Å². The van der Waals surface area contributed by atoms with Crippen LogP contribution in [0.4, 0.5) is 5.82 Å². The molecular formula is C13H14N4O3S2. The molecule has 0 unspecified atom stereocenters. The standard InChI is InChI=1S/C13H14N4O3S2/c1-7-8(2)20-13-11(7)12(16-6-17-13)15-5-9-3-4-10(21-9)22(14,18)19/h3-4,6H,5H2,1-2H3,(H2,14,18,19)(H,15,16,17). The SMILES string of the molecule is Cc1oc2ncnc(NCc3ccc(S(N)(=O)=O)s3)c2c1C. The van der Waals surface area contributed by atoms with Gasteiger partial charge in [-0.1, -0.05) is 0 Å². The molecule has 0 aliphatic carbocycles. The number of fused-ring (bicyclic) bond motifs is 1. The Hall–Kier alpha value is -1.97. The molecule has 0 bridgehead atoms. The lowest BCUT2D eigenvalue weighted by atomic mass is 10.2. The number of furan rings is 1. The third-order valence-electron chi connectivity index (χ3n) is 3.31. The number of sulfonamides is 1. The third kappa shape index (κ3) is 2.70. The molecule has 0 saturated heterocycles. The van der Waals surface area contributed by atoms with Crippen LogP contribution in [-0.4, -0.2) is 18.4 Å². The molecule has 22 heavy (non-hydrogen) atoms. The summed E-state index contributed by atoms with van der Waals surface area (Å²) >= 11 is 1.13. The molecule has 0 amide bonds. The van der Waals surface area contributed by atoms with Crippen LogP contribution in [0.5, 0.6) is 0 Å². The Morgan fingerprint density at radius 3 is 2.77 bits per heavy atom. The molecule has 116 valence electrons. The lowest BCUT2D eigenvalue weighted by Crippen LogP contribution is -2.09. The summed E-state index contributed by atoms with van der Waals surface area (Å²) in [5, 5.41) is 9.13. The highest BCUT2D eigenvalue weighted by atomic mass is 32.2. The minimum absolute atomic E-state index is 0.146. The summed E-state index contributed by atoms with van der Waals surface area (Å²) in [6, 6.07) is 3.23. The fourth-order valence-electron chi connectivity index (χ4n) is 2.09. The molecule has 0 aromatic carbocycles. The normalized spacial score (nSPS) is 12.0. The monoisotopic (exact) mass is 338 g/mol. The molecule has 3 N–H and O–H groups in total. The summed E-state index contributed by atoms with van der Waals surface area (Å²) in [6.07, 6.45) is 1.43. The van der Waals surface area contributed by atoms with Crippen molar-refractivity contribution in [1.29, 1.82) is 0 Å². The van der Waals surface area contributed by atoms with E-state index in [2.05, 4.69) is 15.3 Å². The molecule has 0 fully saturated rings. The number of nitrogens with two attached hydrogens (primary N) is 1. The zero-order valence-electron chi connectivity index (χ0n) is 12.0. The lowest BCUT2D eigenvalue weighted by Gasteiger charge is -2.04. The van der Waals surface area contributed by atoms with Crippen molar-refractivity contribution in [1.82, 2.24) is 9.97 Å². The molecule has 3 aromatic heterocycles. The molecule has 0 aliphatic rings. The highest BCUT2D eigenvalue weighted by Crippen LogP contribution is 2.29. The summed E-state index contributed by atoms with van der Waals surface area (Å²) < 4.78 is 28.3. The lowest BCUT2D eigenvalue weighted by molar-refractivity contribution is 0.564. The Morgan fingerprint density at radius 2 is 2.09 bits per heavy atom. The van der Waals surface area contributed by atoms with E-state index in [4.69, 9.17) is 9.56 Å². The second-order valence-corrected chi connectivity index (χ2v) is 7.76. The molecule has 3 heterocycles. The molecule has 0 spiro atoms. The fourth-order valence-corrected chi connectivity index (χ4v) is 3.81. The number of aromatic nitrogens is 2. The largest absolute Gasteiger partial charge is 0.443 e.